The van der Waals surface area contributed by atoms with Crippen LogP contribution in [0.2, 0.25) is 0 Å². The third-order valence-electron chi connectivity index (χ3n) is 4.86. The van der Waals surface area contributed by atoms with E-state index in [4.69, 9.17) is 0 Å². The number of hydrogen-bond donors (Lipinski definition) is 1. The van der Waals surface area contributed by atoms with Gasteiger partial charge in [0.25, 0.3) is 0 Å². The Balaban J connectivity index is 5.47. The number of Topliss-reactive ketones (excluding diaryl/α,β-unsaturated/α-hetero) is 3. The van der Waals surface area contributed by atoms with Gasteiger partial charge in [0.15, 0.2) is 17.3 Å². The lowest BCUT2D eigenvalue weighted by atomic mass is 9.88. The van der Waals surface area contributed by atoms with Gasteiger partial charge in [0.05, 0.1) is 19.1 Å². The lowest BCUT2D eigenvalue weighted by Gasteiger charge is -2.31. The molecule has 6 nitrogen and oxygen atoms in total. The molecule has 0 fully saturated rings. The second-order valence-electron chi connectivity index (χ2n) is 11.6. The van der Waals surface area contributed by atoms with Crippen LogP contribution in [0, 0.1) is 16.7 Å². The van der Waals surface area contributed by atoms with Crippen molar-refractivity contribution in [1.82, 2.24) is 10.2 Å². The first-order valence-corrected chi connectivity index (χ1v) is 10.9. The number of hydrogen-bond acceptors (Lipinski definition) is 5. The lowest BCUT2D eigenvalue weighted by molar-refractivity contribution is -0.142. The van der Waals surface area contributed by atoms with Gasteiger partial charge in [0.1, 0.15) is 0 Å². The molecule has 30 heavy (non-hydrogen) atoms. The van der Waals surface area contributed by atoms with Crippen molar-refractivity contribution in [2.45, 2.75) is 101 Å². The van der Waals surface area contributed by atoms with Crippen molar-refractivity contribution in [2.24, 2.45) is 16.7 Å². The molecule has 0 spiro atoms. The van der Waals surface area contributed by atoms with Crippen LogP contribution in [0.4, 0.5) is 0 Å². The smallest absolute Gasteiger partial charge is 0.223 e. The van der Waals surface area contributed by atoms with Crippen molar-refractivity contribution in [3.63, 3.8) is 0 Å². The minimum Gasteiger partial charge on any atom is -0.328 e. The first-order chi connectivity index (χ1) is 13.3. The maximum Gasteiger partial charge on any atom is 0.223 e. The Labute approximate surface area is 183 Å². The standard InChI is InChI=1S/C24H44N2O4/c1-16(2)21(30)17(25-24(9,10)11)12-13-20(29)26(14-18(27)22(3,4)5)15-19(28)23(6,7)8/h16-17,25H,12-15H2,1-11H3. The number of carbonyl (C=O) groups excluding carboxylic acids is 4. The molecule has 0 aliphatic heterocycles. The molecule has 0 aromatic rings. The SMILES string of the molecule is CC(C)C(=O)C(CCC(=O)N(CC(=O)C(C)(C)C)CC(=O)C(C)(C)C)NC(C)(C)C. The third kappa shape index (κ3) is 10.5. The summed E-state index contributed by atoms with van der Waals surface area (Å²) in [7, 11) is 0. The fourth-order valence-electron chi connectivity index (χ4n) is 2.69. The van der Waals surface area contributed by atoms with Crippen LogP contribution in [0.25, 0.3) is 0 Å². The molecule has 1 atom stereocenters. The number of amides is 1. The Bertz CT molecular complexity index is 603. The quantitative estimate of drug-likeness (QED) is 0.576. The van der Waals surface area contributed by atoms with E-state index in [0.717, 1.165) is 0 Å². The van der Waals surface area contributed by atoms with E-state index in [1.165, 1.54) is 4.90 Å². The lowest BCUT2D eigenvalue weighted by Crippen LogP contribution is -2.50. The molecule has 1 unspecified atom stereocenters. The van der Waals surface area contributed by atoms with E-state index < -0.39 is 16.9 Å². The van der Waals surface area contributed by atoms with Crippen LogP contribution in [0.1, 0.15) is 89.0 Å². The third-order valence-corrected chi connectivity index (χ3v) is 4.86. The van der Waals surface area contributed by atoms with E-state index in [-0.39, 0.29) is 54.2 Å². The number of nitrogens with zero attached hydrogens (tertiary/aromatic N) is 1. The van der Waals surface area contributed by atoms with E-state index in [1.54, 1.807) is 41.5 Å². The highest BCUT2D eigenvalue weighted by Gasteiger charge is 2.32. The minimum absolute atomic E-state index is 0.0563. The highest BCUT2D eigenvalue weighted by molar-refractivity contribution is 5.94. The van der Waals surface area contributed by atoms with Crippen molar-refractivity contribution in [3.05, 3.63) is 0 Å². The zero-order valence-electron chi connectivity index (χ0n) is 21.1. The summed E-state index contributed by atoms with van der Waals surface area (Å²) >= 11 is 0. The van der Waals surface area contributed by atoms with E-state index >= 15 is 0 Å². The van der Waals surface area contributed by atoms with Crippen molar-refractivity contribution in [1.29, 1.82) is 0 Å². The molecule has 6 heteroatoms. The average molecular weight is 425 g/mol. The zero-order valence-corrected chi connectivity index (χ0v) is 21.1. The molecule has 1 amide bonds. The van der Waals surface area contributed by atoms with Crippen molar-refractivity contribution in [3.8, 4) is 0 Å². The van der Waals surface area contributed by atoms with Gasteiger partial charge < -0.3 is 10.2 Å². The fourth-order valence-corrected chi connectivity index (χ4v) is 2.69. The maximum absolute atomic E-state index is 13.0. The van der Waals surface area contributed by atoms with Gasteiger partial charge in [-0.05, 0) is 27.2 Å². The van der Waals surface area contributed by atoms with Gasteiger partial charge in [-0.25, -0.2) is 0 Å². The molecule has 0 saturated heterocycles. The number of nitrogens with one attached hydrogen (secondary N) is 1. The van der Waals surface area contributed by atoms with Crippen LogP contribution < -0.4 is 5.32 Å². The number of ketones is 3. The zero-order chi connectivity index (χ0) is 24.1. The molecule has 0 aromatic heterocycles. The van der Waals surface area contributed by atoms with E-state index in [2.05, 4.69) is 5.32 Å². The highest BCUT2D eigenvalue weighted by atomic mass is 16.2. The Kier molecular flexibility index (Phi) is 10.1. The average Bonchev–Trinajstić information content (AvgIpc) is 2.53. The molecule has 0 saturated carbocycles. The summed E-state index contributed by atoms with van der Waals surface area (Å²) in [4.78, 5) is 52.1. The topological polar surface area (TPSA) is 83.6 Å². The molecule has 0 rings (SSSR count). The summed E-state index contributed by atoms with van der Waals surface area (Å²) < 4.78 is 0. The summed E-state index contributed by atoms with van der Waals surface area (Å²) in [5, 5.41) is 3.31. The van der Waals surface area contributed by atoms with Gasteiger partial charge in [-0.1, -0.05) is 55.4 Å². The van der Waals surface area contributed by atoms with Crippen molar-refractivity contribution in [2.75, 3.05) is 13.1 Å². The first-order valence-electron chi connectivity index (χ1n) is 10.9. The van der Waals surface area contributed by atoms with Crippen LogP contribution in [0.3, 0.4) is 0 Å². The van der Waals surface area contributed by atoms with Gasteiger partial charge in [0.2, 0.25) is 5.91 Å². The fraction of sp³-hybridized carbons (Fsp3) is 0.833. The molecule has 174 valence electrons. The molecule has 0 aromatic carbocycles. The summed E-state index contributed by atoms with van der Waals surface area (Å²) in [6, 6.07) is -0.451. The van der Waals surface area contributed by atoms with Crippen LogP contribution >= 0.6 is 0 Å². The van der Waals surface area contributed by atoms with Gasteiger partial charge >= 0.3 is 0 Å². The van der Waals surface area contributed by atoms with Gasteiger partial charge in [0, 0.05) is 28.7 Å². The normalized spacial score (nSPS) is 13.9. The molecule has 1 N–H and O–H groups in total. The number of carbonyl (C=O) groups is 4. The summed E-state index contributed by atoms with van der Waals surface area (Å²) in [6.45, 7) is 20.2. The van der Waals surface area contributed by atoms with Crippen LogP contribution in [0.5, 0.6) is 0 Å². The molecule has 0 aliphatic carbocycles. The molecular weight excluding hydrogens is 380 g/mol. The second kappa shape index (κ2) is 10.7. The Morgan fingerprint density at radius 1 is 0.767 bits per heavy atom. The van der Waals surface area contributed by atoms with Crippen LogP contribution in [0.15, 0.2) is 0 Å². The van der Waals surface area contributed by atoms with Crippen LogP contribution in [-0.4, -0.2) is 52.8 Å². The summed E-state index contributed by atoms with van der Waals surface area (Å²) in [5.74, 6) is -0.565. The summed E-state index contributed by atoms with van der Waals surface area (Å²) in [5.41, 5.74) is -1.48. The predicted octanol–water partition coefficient (Wildman–Crippen LogP) is 3.81. The van der Waals surface area contributed by atoms with E-state index in [0.29, 0.717) is 6.42 Å². The van der Waals surface area contributed by atoms with Gasteiger partial charge in [-0.2, -0.15) is 0 Å². The molecule has 0 bridgehead atoms. The minimum atomic E-state index is -0.604. The second-order valence-corrected chi connectivity index (χ2v) is 11.6. The van der Waals surface area contributed by atoms with E-state index in [9.17, 15) is 19.2 Å². The first kappa shape index (κ1) is 28.4. The summed E-state index contributed by atoms with van der Waals surface area (Å²) in [6.07, 6.45) is 0.429. The molecule has 0 heterocycles. The van der Waals surface area contributed by atoms with E-state index in [1.807, 2.05) is 34.6 Å². The van der Waals surface area contributed by atoms with Crippen LogP contribution in [-0.2, 0) is 19.2 Å². The van der Waals surface area contributed by atoms with Gasteiger partial charge in [-0.15, -0.1) is 0 Å². The highest BCUT2D eigenvalue weighted by Crippen LogP contribution is 2.19. The molecule has 0 aliphatic rings. The number of rotatable bonds is 10. The Hall–Kier alpha value is -1.56. The maximum atomic E-state index is 13.0. The predicted molar refractivity (Wildman–Crippen MR) is 121 cm³/mol. The Morgan fingerprint density at radius 2 is 1.17 bits per heavy atom. The molecule has 0 radical (unpaired) electrons. The molecular formula is C24H44N2O4. The monoisotopic (exact) mass is 424 g/mol. The van der Waals surface area contributed by atoms with Gasteiger partial charge in [-0.3, -0.25) is 19.2 Å². The van der Waals surface area contributed by atoms with Crippen molar-refractivity contribution < 1.29 is 19.2 Å². The van der Waals surface area contributed by atoms with Crippen molar-refractivity contribution >= 4 is 23.3 Å². The Morgan fingerprint density at radius 3 is 1.47 bits per heavy atom. The largest absolute Gasteiger partial charge is 0.328 e.